The van der Waals surface area contributed by atoms with Crippen molar-refractivity contribution in [2.75, 3.05) is 86.1 Å². The molecule has 0 heterocycles. The third-order valence-corrected chi connectivity index (χ3v) is 9.87. The largest absolute Gasteiger partial charge is 0.481 e. The lowest BCUT2D eigenvalue weighted by Crippen LogP contribution is -2.41. The van der Waals surface area contributed by atoms with E-state index in [9.17, 15) is 38.7 Å². The zero-order chi connectivity index (χ0) is 45.9. The van der Waals surface area contributed by atoms with Crippen molar-refractivity contribution in [1.82, 2.24) is 26.6 Å². The lowest BCUT2D eigenvalue weighted by molar-refractivity contribution is -0.142. The SMILES string of the molecule is CN[C@H](CCCCNC(=O)COCCOCCNC(=O)COCCOCCNC(=O)CCC(NC(=O)CCCCCCCCCCCCCCCCC(=O)O)C(=O)O)C(=O)CN. The van der Waals surface area contributed by atoms with Crippen LogP contribution in [0.3, 0.4) is 0 Å². The molecule has 0 radical (unpaired) electrons. The molecule has 0 saturated heterocycles. The van der Waals surface area contributed by atoms with E-state index < -0.39 is 18.0 Å². The summed E-state index contributed by atoms with van der Waals surface area (Å²) in [6.45, 7) is 2.01. The van der Waals surface area contributed by atoms with Crippen LogP contribution >= 0.6 is 0 Å². The third kappa shape index (κ3) is 39.1. The highest BCUT2D eigenvalue weighted by Crippen LogP contribution is 2.14. The van der Waals surface area contributed by atoms with E-state index in [1.165, 1.54) is 44.9 Å². The van der Waals surface area contributed by atoms with Gasteiger partial charge >= 0.3 is 11.9 Å². The molecule has 0 bridgehead atoms. The molecule has 0 aromatic carbocycles. The normalized spacial score (nSPS) is 12.0. The molecule has 62 heavy (non-hydrogen) atoms. The topological polar surface area (TPSA) is 283 Å². The summed E-state index contributed by atoms with van der Waals surface area (Å²) >= 11 is 0. The summed E-state index contributed by atoms with van der Waals surface area (Å²) in [5.74, 6) is -3.18. The number of carboxylic acids is 2. The van der Waals surface area contributed by atoms with Gasteiger partial charge in [0.25, 0.3) is 0 Å². The first-order chi connectivity index (χ1) is 30.0. The van der Waals surface area contributed by atoms with Gasteiger partial charge in [0, 0.05) is 38.9 Å². The number of nitrogens with two attached hydrogens (primary N) is 1. The number of amides is 4. The Morgan fingerprint density at radius 3 is 1.39 bits per heavy atom. The van der Waals surface area contributed by atoms with Crippen molar-refractivity contribution in [3.8, 4) is 0 Å². The maximum absolute atomic E-state index is 12.3. The van der Waals surface area contributed by atoms with Crippen molar-refractivity contribution in [3.63, 3.8) is 0 Å². The molecular weight excluding hydrogens is 809 g/mol. The van der Waals surface area contributed by atoms with Crippen LogP contribution in [-0.2, 0) is 52.5 Å². The van der Waals surface area contributed by atoms with Crippen molar-refractivity contribution >= 4 is 41.4 Å². The Bertz CT molecular complexity index is 1210. The number of Topliss-reactive ketones (excluding diaryl/α,β-unsaturated/α-hetero) is 1. The third-order valence-electron chi connectivity index (χ3n) is 9.87. The van der Waals surface area contributed by atoms with Crippen molar-refractivity contribution in [1.29, 1.82) is 0 Å². The fourth-order valence-electron chi connectivity index (χ4n) is 6.28. The van der Waals surface area contributed by atoms with Crippen LogP contribution in [0.25, 0.3) is 0 Å². The Balaban J connectivity index is 3.66. The van der Waals surface area contributed by atoms with Crippen LogP contribution in [0, 0.1) is 0 Å². The van der Waals surface area contributed by atoms with E-state index >= 15 is 0 Å². The molecule has 4 amide bonds. The highest BCUT2D eigenvalue weighted by atomic mass is 16.5. The second kappa shape index (κ2) is 42.5. The van der Waals surface area contributed by atoms with Crippen molar-refractivity contribution in [2.45, 2.75) is 147 Å². The van der Waals surface area contributed by atoms with E-state index in [0.29, 0.717) is 19.4 Å². The van der Waals surface area contributed by atoms with Crippen LogP contribution in [0.1, 0.15) is 135 Å². The Morgan fingerprint density at radius 1 is 0.468 bits per heavy atom. The van der Waals surface area contributed by atoms with Crippen LogP contribution in [0.2, 0.25) is 0 Å². The highest BCUT2D eigenvalue weighted by molar-refractivity contribution is 5.85. The molecule has 0 aromatic rings. The number of carboxylic acid groups (broad SMARTS) is 2. The predicted molar refractivity (Wildman–Crippen MR) is 233 cm³/mol. The molecule has 19 nitrogen and oxygen atoms in total. The van der Waals surface area contributed by atoms with Crippen LogP contribution in [0.5, 0.6) is 0 Å². The van der Waals surface area contributed by atoms with Crippen molar-refractivity contribution < 1.29 is 62.7 Å². The molecule has 19 heteroatoms. The number of rotatable bonds is 46. The Hall–Kier alpha value is -3.75. The number of hydrogen-bond acceptors (Lipinski definition) is 13. The van der Waals surface area contributed by atoms with Gasteiger partial charge in [-0.05, 0) is 45.6 Å². The summed E-state index contributed by atoms with van der Waals surface area (Å²) in [5.41, 5.74) is 5.39. The number of likely N-dealkylation sites (N-methyl/N-ethyl adjacent to an activating group) is 1. The van der Waals surface area contributed by atoms with Gasteiger partial charge in [-0.15, -0.1) is 0 Å². The van der Waals surface area contributed by atoms with Gasteiger partial charge in [-0.25, -0.2) is 4.79 Å². The van der Waals surface area contributed by atoms with Crippen LogP contribution in [0.4, 0.5) is 0 Å². The molecule has 0 rings (SSSR count). The minimum Gasteiger partial charge on any atom is -0.481 e. The van der Waals surface area contributed by atoms with Gasteiger partial charge < -0.3 is 61.5 Å². The second-order valence-corrected chi connectivity index (χ2v) is 15.2. The van der Waals surface area contributed by atoms with E-state index in [4.69, 9.17) is 29.8 Å². The van der Waals surface area contributed by atoms with Crippen LogP contribution in [0.15, 0.2) is 0 Å². The highest BCUT2D eigenvalue weighted by Gasteiger charge is 2.21. The maximum Gasteiger partial charge on any atom is 0.326 e. The Labute approximate surface area is 368 Å². The number of aliphatic carboxylic acids is 2. The predicted octanol–water partition coefficient (Wildman–Crippen LogP) is 2.36. The molecular formula is C43H80N6O13. The summed E-state index contributed by atoms with van der Waals surface area (Å²) in [7, 11) is 1.72. The standard InChI is InChI=1S/C43H80N6O13/c1-45-35(37(50)32-44)18-16-17-23-46-40(53)33-61-30-29-60-27-25-48-41(54)34-62-31-28-59-26-24-47-38(51)22-21-36(43(57)58)49-39(52)19-14-12-10-8-6-4-2-3-5-7-9-11-13-15-20-42(55)56/h35-36,45H,2-34,44H2,1H3,(H,46,53)(H,47,51)(H,48,54)(H,49,52)(H,55,56)(H,57,58)/t35-,36?/m1/s1. The molecule has 0 fully saturated rings. The van der Waals surface area contributed by atoms with Gasteiger partial charge in [-0.1, -0.05) is 77.0 Å². The Morgan fingerprint density at radius 2 is 0.919 bits per heavy atom. The van der Waals surface area contributed by atoms with Gasteiger partial charge in [-0.2, -0.15) is 0 Å². The first kappa shape index (κ1) is 58.2. The van der Waals surface area contributed by atoms with E-state index in [-0.39, 0.29) is 134 Å². The molecule has 2 atom stereocenters. The molecule has 1 unspecified atom stereocenters. The van der Waals surface area contributed by atoms with Gasteiger partial charge in [0.05, 0.1) is 52.2 Å². The quantitative estimate of drug-likeness (QED) is 0.0408. The molecule has 9 N–H and O–H groups in total. The molecule has 0 aromatic heterocycles. The van der Waals surface area contributed by atoms with Crippen molar-refractivity contribution in [2.24, 2.45) is 5.73 Å². The zero-order valence-electron chi connectivity index (χ0n) is 37.5. The van der Waals surface area contributed by atoms with Gasteiger partial charge in [0.2, 0.25) is 23.6 Å². The minimum atomic E-state index is -1.18. The second-order valence-electron chi connectivity index (χ2n) is 15.2. The summed E-state index contributed by atoms with van der Waals surface area (Å²) in [5, 5.41) is 31.7. The minimum absolute atomic E-state index is 0.00203. The molecule has 0 saturated carbocycles. The number of nitrogens with one attached hydrogen (secondary N) is 5. The molecule has 0 aliphatic carbocycles. The van der Waals surface area contributed by atoms with Crippen LogP contribution < -0.4 is 32.3 Å². The average molecular weight is 889 g/mol. The number of ether oxygens (including phenoxy) is 4. The monoisotopic (exact) mass is 889 g/mol. The summed E-state index contributed by atoms with van der Waals surface area (Å²) < 4.78 is 21.3. The van der Waals surface area contributed by atoms with E-state index in [1.807, 2.05) is 0 Å². The van der Waals surface area contributed by atoms with Gasteiger partial charge in [-0.3, -0.25) is 28.8 Å². The number of hydrogen-bond donors (Lipinski definition) is 8. The van der Waals surface area contributed by atoms with E-state index in [2.05, 4.69) is 26.6 Å². The number of ketones is 1. The number of unbranched alkanes of at least 4 members (excludes halogenated alkanes) is 14. The van der Waals surface area contributed by atoms with Gasteiger partial charge in [0.15, 0.2) is 5.78 Å². The summed E-state index contributed by atoms with van der Waals surface area (Å²) in [6.07, 6.45) is 17.6. The smallest absolute Gasteiger partial charge is 0.326 e. The average Bonchev–Trinajstić information content (AvgIpc) is 3.24. The molecule has 0 aliphatic heterocycles. The lowest BCUT2D eigenvalue weighted by atomic mass is 10.0. The number of carbonyl (C=O) groups excluding carboxylic acids is 5. The lowest BCUT2D eigenvalue weighted by Gasteiger charge is -2.14. The van der Waals surface area contributed by atoms with Gasteiger partial charge in [0.1, 0.15) is 19.3 Å². The first-order valence-electron chi connectivity index (χ1n) is 22.7. The Kier molecular flexibility index (Phi) is 40.0. The first-order valence-corrected chi connectivity index (χ1v) is 22.7. The molecule has 0 aliphatic rings. The van der Waals surface area contributed by atoms with E-state index in [1.54, 1.807) is 7.05 Å². The fourth-order valence-corrected chi connectivity index (χ4v) is 6.28. The number of carbonyl (C=O) groups is 7. The van der Waals surface area contributed by atoms with Crippen LogP contribution in [-0.4, -0.2) is 150 Å². The molecule has 0 spiro atoms. The summed E-state index contributed by atoms with van der Waals surface area (Å²) in [4.78, 5) is 82.1. The maximum atomic E-state index is 12.3. The molecule has 360 valence electrons. The van der Waals surface area contributed by atoms with E-state index in [0.717, 1.165) is 51.4 Å². The fraction of sp³-hybridized carbons (Fsp3) is 0.837. The zero-order valence-corrected chi connectivity index (χ0v) is 37.5. The van der Waals surface area contributed by atoms with Crippen molar-refractivity contribution in [3.05, 3.63) is 0 Å². The summed E-state index contributed by atoms with van der Waals surface area (Å²) in [6, 6.07) is -1.40.